The third kappa shape index (κ3) is 2.65. The quantitative estimate of drug-likeness (QED) is 0.854. The number of pyridine rings is 1. The summed E-state index contributed by atoms with van der Waals surface area (Å²) in [5, 5.41) is 5.06. The van der Waals surface area contributed by atoms with Crippen molar-refractivity contribution in [2.75, 3.05) is 6.54 Å². The smallest absolute Gasteiger partial charge is 0.224 e. The van der Waals surface area contributed by atoms with Gasteiger partial charge in [0.2, 0.25) is 5.91 Å². The van der Waals surface area contributed by atoms with Gasteiger partial charge in [-0.3, -0.25) is 9.78 Å². The van der Waals surface area contributed by atoms with Gasteiger partial charge in [-0.2, -0.15) is 0 Å². The van der Waals surface area contributed by atoms with E-state index < -0.39 is 0 Å². The molecule has 1 atom stereocenters. The van der Waals surface area contributed by atoms with Crippen molar-refractivity contribution in [3.8, 4) is 0 Å². The Kier molecular flexibility index (Phi) is 3.89. The summed E-state index contributed by atoms with van der Waals surface area (Å²) in [5.41, 5.74) is 6.34. The molecule has 2 aromatic rings. The molecule has 0 fully saturated rings. The average molecular weight is 243 g/mol. The van der Waals surface area contributed by atoms with Gasteiger partial charge in [0, 0.05) is 24.0 Å². The highest BCUT2D eigenvalue weighted by atomic mass is 16.1. The molecule has 0 aliphatic rings. The van der Waals surface area contributed by atoms with Crippen LogP contribution in [0, 0.1) is 5.92 Å². The summed E-state index contributed by atoms with van der Waals surface area (Å²) in [6, 6.07) is 9.96. The summed E-state index contributed by atoms with van der Waals surface area (Å²) < 4.78 is 0. The molecule has 2 rings (SSSR count). The molecular formula is C14H17N3O. The van der Waals surface area contributed by atoms with Crippen LogP contribution in [0.2, 0.25) is 0 Å². The normalized spacial score (nSPS) is 12.3. The van der Waals surface area contributed by atoms with Gasteiger partial charge >= 0.3 is 0 Å². The molecule has 3 N–H and O–H groups in total. The first-order chi connectivity index (χ1) is 8.72. The number of carbonyl (C=O) groups is 1. The van der Waals surface area contributed by atoms with E-state index in [0.717, 1.165) is 16.5 Å². The summed E-state index contributed by atoms with van der Waals surface area (Å²) in [7, 11) is 0. The number of rotatable bonds is 4. The summed E-state index contributed by atoms with van der Waals surface area (Å²) in [6.07, 6.45) is 1.76. The molecule has 0 saturated heterocycles. The summed E-state index contributed by atoms with van der Waals surface area (Å²) in [4.78, 5) is 16.0. The molecule has 1 heterocycles. The molecule has 0 spiro atoms. The number of benzene rings is 1. The molecule has 1 aromatic heterocycles. The molecule has 0 aliphatic carbocycles. The Labute approximate surface area is 106 Å². The number of nitrogens with one attached hydrogen (secondary N) is 1. The lowest BCUT2D eigenvalue weighted by Crippen LogP contribution is -2.33. The lowest BCUT2D eigenvalue weighted by atomic mass is 10.1. The minimum atomic E-state index is -0.167. The van der Waals surface area contributed by atoms with Crippen molar-refractivity contribution in [1.82, 2.24) is 10.3 Å². The number of hydrogen-bond acceptors (Lipinski definition) is 3. The Morgan fingerprint density at radius 3 is 2.94 bits per heavy atom. The Morgan fingerprint density at radius 1 is 1.39 bits per heavy atom. The molecule has 94 valence electrons. The molecule has 0 aliphatic heterocycles. The first-order valence-electron chi connectivity index (χ1n) is 6.02. The van der Waals surface area contributed by atoms with Crippen LogP contribution in [0.3, 0.4) is 0 Å². The fourth-order valence-corrected chi connectivity index (χ4v) is 1.78. The summed E-state index contributed by atoms with van der Waals surface area (Å²) in [6.45, 7) is 2.60. The number of carbonyl (C=O) groups excluding carboxylic acids is 1. The molecule has 4 nitrogen and oxygen atoms in total. The van der Waals surface area contributed by atoms with Gasteiger partial charge in [-0.05, 0) is 11.5 Å². The van der Waals surface area contributed by atoms with Crippen LogP contribution in [0.1, 0.15) is 12.6 Å². The van der Waals surface area contributed by atoms with E-state index >= 15 is 0 Å². The zero-order chi connectivity index (χ0) is 13.0. The van der Waals surface area contributed by atoms with Gasteiger partial charge in [0.1, 0.15) is 0 Å². The number of fused-ring (bicyclic) bond motifs is 1. The molecule has 0 radical (unpaired) electrons. The zero-order valence-corrected chi connectivity index (χ0v) is 10.4. The van der Waals surface area contributed by atoms with E-state index in [1.165, 1.54) is 0 Å². The number of nitrogens with two attached hydrogens (primary N) is 1. The van der Waals surface area contributed by atoms with Crippen molar-refractivity contribution in [2.45, 2.75) is 13.5 Å². The highest BCUT2D eigenvalue weighted by molar-refractivity contribution is 5.85. The average Bonchev–Trinajstić information content (AvgIpc) is 2.43. The second kappa shape index (κ2) is 5.60. The Bertz CT molecular complexity index is 548. The third-order valence-electron chi connectivity index (χ3n) is 2.99. The standard InChI is InChI=1S/C14H17N3O/c1-10(8-15)14(18)17-9-13-12-5-3-2-4-11(12)6-7-16-13/h2-7,10H,8-9,15H2,1H3,(H,17,18). The van der Waals surface area contributed by atoms with Gasteiger partial charge in [0.25, 0.3) is 0 Å². The van der Waals surface area contributed by atoms with E-state index in [2.05, 4.69) is 10.3 Å². The van der Waals surface area contributed by atoms with Crippen molar-refractivity contribution in [3.63, 3.8) is 0 Å². The predicted molar refractivity (Wildman–Crippen MR) is 71.8 cm³/mol. The first-order valence-corrected chi connectivity index (χ1v) is 6.02. The van der Waals surface area contributed by atoms with Gasteiger partial charge in [-0.1, -0.05) is 31.2 Å². The van der Waals surface area contributed by atoms with Crippen LogP contribution < -0.4 is 11.1 Å². The van der Waals surface area contributed by atoms with E-state index in [1.807, 2.05) is 37.3 Å². The monoisotopic (exact) mass is 243 g/mol. The number of aromatic nitrogens is 1. The zero-order valence-electron chi connectivity index (χ0n) is 10.4. The summed E-state index contributed by atoms with van der Waals surface area (Å²) in [5.74, 6) is -0.202. The number of amides is 1. The largest absolute Gasteiger partial charge is 0.350 e. The Hall–Kier alpha value is -1.94. The van der Waals surface area contributed by atoms with Crippen LogP contribution in [0.25, 0.3) is 10.8 Å². The second-order valence-corrected chi connectivity index (χ2v) is 4.33. The second-order valence-electron chi connectivity index (χ2n) is 4.33. The van der Waals surface area contributed by atoms with Gasteiger partial charge in [-0.25, -0.2) is 0 Å². The van der Waals surface area contributed by atoms with Gasteiger partial charge in [0.15, 0.2) is 0 Å². The maximum absolute atomic E-state index is 11.7. The molecule has 18 heavy (non-hydrogen) atoms. The fraction of sp³-hybridized carbons (Fsp3) is 0.286. The minimum absolute atomic E-state index is 0.0350. The molecule has 0 bridgehead atoms. The molecule has 0 saturated carbocycles. The van der Waals surface area contributed by atoms with E-state index in [1.54, 1.807) is 6.20 Å². The van der Waals surface area contributed by atoms with Crippen LogP contribution in [0.4, 0.5) is 0 Å². The van der Waals surface area contributed by atoms with Crippen LogP contribution in [0.15, 0.2) is 36.5 Å². The third-order valence-corrected chi connectivity index (χ3v) is 2.99. The number of hydrogen-bond donors (Lipinski definition) is 2. The SMILES string of the molecule is CC(CN)C(=O)NCc1nccc2ccccc12. The predicted octanol–water partition coefficient (Wildman–Crippen LogP) is 1.45. The van der Waals surface area contributed by atoms with Crippen molar-refractivity contribution >= 4 is 16.7 Å². The minimum Gasteiger partial charge on any atom is -0.350 e. The van der Waals surface area contributed by atoms with E-state index in [0.29, 0.717) is 13.1 Å². The van der Waals surface area contributed by atoms with Gasteiger partial charge in [-0.15, -0.1) is 0 Å². The maximum Gasteiger partial charge on any atom is 0.224 e. The maximum atomic E-state index is 11.7. The van der Waals surface area contributed by atoms with Crippen molar-refractivity contribution in [3.05, 3.63) is 42.2 Å². The lowest BCUT2D eigenvalue weighted by Gasteiger charge is -2.10. The molecule has 1 unspecified atom stereocenters. The summed E-state index contributed by atoms with van der Waals surface area (Å²) >= 11 is 0. The van der Waals surface area contributed by atoms with Crippen LogP contribution in [0.5, 0.6) is 0 Å². The van der Waals surface area contributed by atoms with Gasteiger partial charge in [0.05, 0.1) is 12.2 Å². The molecule has 1 aromatic carbocycles. The van der Waals surface area contributed by atoms with Crippen molar-refractivity contribution in [1.29, 1.82) is 0 Å². The fourth-order valence-electron chi connectivity index (χ4n) is 1.78. The molecular weight excluding hydrogens is 226 g/mol. The lowest BCUT2D eigenvalue weighted by molar-refractivity contribution is -0.124. The van der Waals surface area contributed by atoms with Crippen LogP contribution in [-0.2, 0) is 11.3 Å². The van der Waals surface area contributed by atoms with E-state index in [9.17, 15) is 4.79 Å². The van der Waals surface area contributed by atoms with Crippen molar-refractivity contribution < 1.29 is 4.79 Å². The molecule has 1 amide bonds. The Morgan fingerprint density at radius 2 is 2.17 bits per heavy atom. The first kappa shape index (κ1) is 12.5. The highest BCUT2D eigenvalue weighted by Gasteiger charge is 2.11. The van der Waals surface area contributed by atoms with Crippen LogP contribution in [-0.4, -0.2) is 17.4 Å². The van der Waals surface area contributed by atoms with E-state index in [-0.39, 0.29) is 11.8 Å². The Balaban J connectivity index is 2.15. The van der Waals surface area contributed by atoms with Gasteiger partial charge < -0.3 is 11.1 Å². The number of nitrogens with zero attached hydrogens (tertiary/aromatic N) is 1. The van der Waals surface area contributed by atoms with Crippen molar-refractivity contribution in [2.24, 2.45) is 11.7 Å². The topological polar surface area (TPSA) is 68.0 Å². The highest BCUT2D eigenvalue weighted by Crippen LogP contribution is 2.15. The molecule has 4 heteroatoms. The van der Waals surface area contributed by atoms with E-state index in [4.69, 9.17) is 5.73 Å². The van der Waals surface area contributed by atoms with Crippen LogP contribution >= 0.6 is 0 Å².